The second kappa shape index (κ2) is 22.3. The Morgan fingerprint density at radius 3 is 1.36 bits per heavy atom. The number of phenols is 1. The number of ether oxygens (including phenoxy) is 1. The van der Waals surface area contributed by atoms with Crippen LogP contribution in [0.15, 0.2) is 24.3 Å². The number of hydrogen-bond acceptors (Lipinski definition) is 3. The molecule has 0 unspecified atom stereocenters. The van der Waals surface area contributed by atoms with Gasteiger partial charge in [0.2, 0.25) is 0 Å². The zero-order chi connectivity index (χ0) is 23.8. The summed E-state index contributed by atoms with van der Waals surface area (Å²) in [6.45, 7) is 2.72. The average Bonchev–Trinajstić information content (AvgIpc) is 2.82. The van der Waals surface area contributed by atoms with E-state index in [9.17, 15) is 9.90 Å². The molecular weight excluding hydrogens is 408 g/mol. The predicted octanol–water partition coefficient (Wildman–Crippen LogP) is 9.76. The van der Waals surface area contributed by atoms with Crippen molar-refractivity contribution in [3.05, 3.63) is 29.8 Å². The van der Waals surface area contributed by atoms with Gasteiger partial charge in [-0.05, 0) is 18.6 Å². The number of para-hydroxylation sites is 1. The first-order chi connectivity index (χ1) is 16.3. The first-order valence-corrected chi connectivity index (χ1v) is 14.2. The largest absolute Gasteiger partial charge is 0.507 e. The van der Waals surface area contributed by atoms with Crippen molar-refractivity contribution in [2.75, 3.05) is 6.61 Å². The summed E-state index contributed by atoms with van der Waals surface area (Å²) in [5.41, 5.74) is 0.251. The van der Waals surface area contributed by atoms with Crippen LogP contribution in [0.5, 0.6) is 5.75 Å². The summed E-state index contributed by atoms with van der Waals surface area (Å²) >= 11 is 0. The van der Waals surface area contributed by atoms with Gasteiger partial charge in [0, 0.05) is 0 Å². The highest BCUT2D eigenvalue weighted by Crippen LogP contribution is 2.17. The van der Waals surface area contributed by atoms with Crippen LogP contribution in [0.4, 0.5) is 0 Å². The average molecular weight is 461 g/mol. The molecule has 1 rings (SSSR count). The minimum Gasteiger partial charge on any atom is -0.507 e. The van der Waals surface area contributed by atoms with Crippen LogP contribution in [0.2, 0.25) is 0 Å². The van der Waals surface area contributed by atoms with Crippen molar-refractivity contribution in [2.24, 2.45) is 0 Å². The van der Waals surface area contributed by atoms with E-state index >= 15 is 0 Å². The van der Waals surface area contributed by atoms with Crippen LogP contribution in [0.1, 0.15) is 152 Å². The molecule has 1 N–H and O–H groups in total. The number of carbonyl (C=O) groups excluding carboxylic acids is 1. The van der Waals surface area contributed by atoms with Crippen LogP contribution < -0.4 is 0 Å². The standard InChI is InChI=1S/C30H52O3/c1-2-3-4-5-6-7-8-9-10-11-12-13-14-15-16-17-18-19-20-21-24-27-33-30(32)28-25-22-23-26-29(28)31/h22-23,25-26,31H,2-21,24,27H2,1H3. The molecule has 0 saturated carbocycles. The molecule has 0 bridgehead atoms. The Morgan fingerprint density at radius 2 is 0.970 bits per heavy atom. The second-order valence-electron chi connectivity index (χ2n) is 9.72. The van der Waals surface area contributed by atoms with Crippen molar-refractivity contribution in [3.63, 3.8) is 0 Å². The van der Waals surface area contributed by atoms with E-state index in [4.69, 9.17) is 4.74 Å². The molecule has 0 aromatic heterocycles. The maximum atomic E-state index is 11.9. The van der Waals surface area contributed by atoms with Crippen LogP contribution in [0.25, 0.3) is 0 Å². The van der Waals surface area contributed by atoms with E-state index in [-0.39, 0.29) is 11.3 Å². The van der Waals surface area contributed by atoms with Gasteiger partial charge in [0.1, 0.15) is 11.3 Å². The normalized spacial score (nSPS) is 11.1. The molecule has 1 aromatic rings. The number of hydrogen-bond donors (Lipinski definition) is 1. The summed E-state index contributed by atoms with van der Waals surface area (Å²) < 4.78 is 5.25. The topological polar surface area (TPSA) is 46.5 Å². The summed E-state index contributed by atoms with van der Waals surface area (Å²) in [5, 5.41) is 9.66. The van der Waals surface area contributed by atoms with Gasteiger partial charge in [0.05, 0.1) is 6.61 Å². The van der Waals surface area contributed by atoms with Crippen LogP contribution in [-0.4, -0.2) is 17.7 Å². The van der Waals surface area contributed by atoms with Gasteiger partial charge in [-0.25, -0.2) is 4.79 Å². The number of benzene rings is 1. The molecule has 1 aromatic carbocycles. The Labute approximate surface area is 204 Å². The van der Waals surface area contributed by atoms with E-state index < -0.39 is 5.97 Å². The fourth-order valence-corrected chi connectivity index (χ4v) is 4.42. The van der Waals surface area contributed by atoms with Gasteiger partial charge in [-0.3, -0.25) is 0 Å². The molecule has 0 saturated heterocycles. The van der Waals surface area contributed by atoms with Crippen LogP contribution in [0.3, 0.4) is 0 Å². The van der Waals surface area contributed by atoms with Crippen LogP contribution in [-0.2, 0) is 4.74 Å². The lowest BCUT2D eigenvalue weighted by atomic mass is 10.0. The fraction of sp³-hybridized carbons (Fsp3) is 0.767. The lowest BCUT2D eigenvalue weighted by molar-refractivity contribution is 0.0494. The molecule has 3 nitrogen and oxygen atoms in total. The molecule has 0 fully saturated rings. The maximum absolute atomic E-state index is 11.9. The monoisotopic (exact) mass is 460 g/mol. The third-order valence-electron chi connectivity index (χ3n) is 6.61. The minimum atomic E-state index is -0.429. The summed E-state index contributed by atoms with van der Waals surface area (Å²) in [5.74, 6) is -0.442. The third-order valence-corrected chi connectivity index (χ3v) is 6.61. The number of aromatic hydroxyl groups is 1. The predicted molar refractivity (Wildman–Crippen MR) is 141 cm³/mol. The smallest absolute Gasteiger partial charge is 0.341 e. The summed E-state index contributed by atoms with van der Waals surface area (Å²) in [6, 6.07) is 6.53. The molecule has 0 atom stereocenters. The molecule has 0 heterocycles. The number of carbonyl (C=O) groups is 1. The van der Waals surface area contributed by atoms with Crippen molar-refractivity contribution in [2.45, 2.75) is 142 Å². The zero-order valence-electron chi connectivity index (χ0n) is 21.6. The van der Waals surface area contributed by atoms with Crippen molar-refractivity contribution in [3.8, 4) is 5.75 Å². The molecule has 190 valence electrons. The molecule has 0 aliphatic rings. The van der Waals surface area contributed by atoms with E-state index in [1.54, 1.807) is 18.2 Å². The van der Waals surface area contributed by atoms with Gasteiger partial charge >= 0.3 is 5.97 Å². The van der Waals surface area contributed by atoms with E-state index in [0.717, 1.165) is 12.8 Å². The van der Waals surface area contributed by atoms with E-state index in [1.807, 2.05) is 0 Å². The SMILES string of the molecule is CCCCCCCCCCCCCCCCCCCCCCCOC(=O)c1ccccc1O. The van der Waals surface area contributed by atoms with Gasteiger partial charge < -0.3 is 9.84 Å². The number of esters is 1. The van der Waals surface area contributed by atoms with Gasteiger partial charge in [0.15, 0.2) is 0 Å². The van der Waals surface area contributed by atoms with Crippen molar-refractivity contribution < 1.29 is 14.6 Å². The lowest BCUT2D eigenvalue weighted by Crippen LogP contribution is -2.06. The van der Waals surface area contributed by atoms with E-state index in [1.165, 1.54) is 128 Å². The van der Waals surface area contributed by atoms with E-state index in [0.29, 0.717) is 6.61 Å². The molecule has 0 amide bonds. The highest BCUT2D eigenvalue weighted by atomic mass is 16.5. The summed E-state index contributed by atoms with van der Waals surface area (Å²) in [7, 11) is 0. The van der Waals surface area contributed by atoms with E-state index in [2.05, 4.69) is 6.92 Å². The van der Waals surface area contributed by atoms with Gasteiger partial charge in [-0.2, -0.15) is 0 Å². The molecular formula is C30H52O3. The quantitative estimate of drug-likeness (QED) is 0.130. The lowest BCUT2D eigenvalue weighted by Gasteiger charge is -2.06. The molecule has 0 radical (unpaired) electrons. The van der Waals surface area contributed by atoms with Gasteiger partial charge in [-0.15, -0.1) is 0 Å². The van der Waals surface area contributed by atoms with Crippen LogP contribution >= 0.6 is 0 Å². The summed E-state index contributed by atoms with van der Waals surface area (Å²) in [4.78, 5) is 11.9. The number of phenolic OH excluding ortho intramolecular Hbond substituents is 1. The molecule has 0 spiro atoms. The Bertz CT molecular complexity index is 569. The maximum Gasteiger partial charge on any atom is 0.341 e. The Hall–Kier alpha value is -1.51. The second-order valence-corrected chi connectivity index (χ2v) is 9.72. The first-order valence-electron chi connectivity index (χ1n) is 14.2. The Morgan fingerprint density at radius 1 is 0.606 bits per heavy atom. The first kappa shape index (κ1) is 29.5. The number of rotatable bonds is 23. The van der Waals surface area contributed by atoms with Crippen LogP contribution in [0, 0.1) is 0 Å². The molecule has 0 aliphatic carbocycles. The highest BCUT2D eigenvalue weighted by molar-refractivity contribution is 5.92. The van der Waals surface area contributed by atoms with Gasteiger partial charge in [0.25, 0.3) is 0 Å². The van der Waals surface area contributed by atoms with Crippen molar-refractivity contribution in [1.29, 1.82) is 0 Å². The van der Waals surface area contributed by atoms with Crippen molar-refractivity contribution in [1.82, 2.24) is 0 Å². The Kier molecular flexibility index (Phi) is 19.9. The zero-order valence-corrected chi connectivity index (χ0v) is 21.6. The minimum absolute atomic E-state index is 0.0127. The van der Waals surface area contributed by atoms with Gasteiger partial charge in [-0.1, -0.05) is 147 Å². The molecule has 0 aliphatic heterocycles. The summed E-state index contributed by atoms with van der Waals surface area (Å²) in [6.07, 6.45) is 28.6. The van der Waals surface area contributed by atoms with Crippen molar-refractivity contribution >= 4 is 5.97 Å². The Balaban J connectivity index is 1.73. The fourth-order valence-electron chi connectivity index (χ4n) is 4.42. The molecule has 33 heavy (non-hydrogen) atoms. The highest BCUT2D eigenvalue weighted by Gasteiger charge is 2.10. The third kappa shape index (κ3) is 17.6. The number of unbranched alkanes of at least 4 members (excludes halogenated alkanes) is 20. The molecule has 3 heteroatoms.